The SMILES string of the molecule is CC(C)(C)c1ccc2c(c1)[cH-]c1cc(C(C)(C)C)ccc12.COc1cccc(OC)c1-c1ccc[cH-]1.C[C](C)=[Hf+2].[Cl-].[Cl-]. The van der Waals surface area contributed by atoms with E-state index in [2.05, 4.69) is 97.9 Å². The monoisotopic (exact) mass is 770 g/mol. The number of fused-ring (bicyclic) bond motifs is 3. The number of benzene rings is 3. The van der Waals surface area contributed by atoms with E-state index in [0.717, 1.165) is 22.6 Å². The summed E-state index contributed by atoms with van der Waals surface area (Å²) < 4.78 is 12.2. The molecule has 0 atom stereocenters. The molecule has 0 spiro atoms. The van der Waals surface area contributed by atoms with Crippen LogP contribution in [0.4, 0.5) is 0 Å². The topological polar surface area (TPSA) is 18.5 Å². The van der Waals surface area contributed by atoms with E-state index >= 15 is 0 Å². The van der Waals surface area contributed by atoms with Crippen LogP contribution < -0.4 is 34.3 Å². The molecule has 0 saturated heterocycles. The van der Waals surface area contributed by atoms with Gasteiger partial charge in [-0.15, -0.1) is 51.4 Å². The molecule has 0 aliphatic heterocycles. The Morgan fingerprint density at radius 3 is 1.43 bits per heavy atom. The van der Waals surface area contributed by atoms with Crippen LogP contribution in [0.5, 0.6) is 11.5 Å². The molecule has 5 rings (SSSR count). The standard InChI is InChI=1S/C21H25.C13H13O2.C3H6.2ClH.Hf/c1-20(2,3)16-7-9-18-14(12-16)11-15-13-17(21(4,5)6)8-10-19(15)18;1-14-11-8-5-9-12(15-2)13(11)10-6-3-4-7-10;1-3-2;;;/h7-13H,1-6H3;3-9H,1-2H3;1-2H3;2*1H;/q2*-1;;;;+2/p-2. The van der Waals surface area contributed by atoms with Crippen molar-refractivity contribution in [1.29, 1.82) is 0 Å². The second-order valence-electron chi connectivity index (χ2n) is 12.5. The second kappa shape index (κ2) is 16.0. The molecule has 5 heteroatoms. The first-order valence-corrected chi connectivity index (χ1v) is 15.6. The molecule has 0 unspecified atom stereocenters. The molecule has 0 heterocycles. The van der Waals surface area contributed by atoms with Crippen molar-refractivity contribution in [3.05, 3.63) is 96.1 Å². The van der Waals surface area contributed by atoms with Crippen LogP contribution in [0.3, 0.4) is 0 Å². The Bertz CT molecular complexity index is 1470. The van der Waals surface area contributed by atoms with Crippen LogP contribution in [0.25, 0.3) is 32.7 Å². The maximum Gasteiger partial charge on any atom is -1.00 e. The first-order valence-electron chi connectivity index (χ1n) is 13.8. The van der Waals surface area contributed by atoms with Gasteiger partial charge in [0.15, 0.2) is 0 Å². The van der Waals surface area contributed by atoms with Gasteiger partial charge in [0.25, 0.3) is 0 Å². The molecule has 0 saturated carbocycles. The molecule has 224 valence electrons. The van der Waals surface area contributed by atoms with E-state index in [1.165, 1.54) is 56.6 Å². The summed E-state index contributed by atoms with van der Waals surface area (Å²) in [6.07, 6.45) is 0. The fourth-order valence-corrected chi connectivity index (χ4v) is 4.63. The molecule has 0 aliphatic carbocycles. The zero-order valence-corrected chi connectivity index (χ0v) is 31.8. The van der Waals surface area contributed by atoms with Crippen LogP contribution in [0.1, 0.15) is 66.5 Å². The minimum Gasteiger partial charge on any atom is -1.00 e. The van der Waals surface area contributed by atoms with E-state index in [0.29, 0.717) is 0 Å². The van der Waals surface area contributed by atoms with Gasteiger partial charge in [-0.3, -0.25) is 0 Å². The molecule has 0 fully saturated rings. The summed E-state index contributed by atoms with van der Waals surface area (Å²) in [6.45, 7) is 17.9. The molecule has 0 amide bonds. The fraction of sp³-hybridized carbons (Fsp3) is 0.324. The average Bonchev–Trinajstić information content (AvgIpc) is 3.54. The Hall–Kier alpha value is -2.20. The number of rotatable bonds is 3. The van der Waals surface area contributed by atoms with Gasteiger partial charge in [0, 0.05) is 0 Å². The minimum absolute atomic E-state index is 0. The third-order valence-electron chi connectivity index (χ3n) is 6.82. The van der Waals surface area contributed by atoms with Crippen molar-refractivity contribution in [2.45, 2.75) is 66.2 Å². The molecule has 0 bridgehead atoms. The molecule has 0 radical (unpaired) electrons. The number of hydrogen-bond donors (Lipinski definition) is 0. The van der Waals surface area contributed by atoms with Gasteiger partial charge in [0.2, 0.25) is 0 Å². The molecular weight excluding hydrogens is 726 g/mol. The first-order chi connectivity index (χ1) is 18.8. The van der Waals surface area contributed by atoms with Crippen molar-refractivity contribution < 1.29 is 58.2 Å². The van der Waals surface area contributed by atoms with Gasteiger partial charge in [-0.2, -0.15) is 18.2 Å². The van der Waals surface area contributed by atoms with Gasteiger partial charge in [-0.05, 0) is 28.5 Å². The van der Waals surface area contributed by atoms with E-state index < -0.39 is 0 Å². The van der Waals surface area contributed by atoms with E-state index in [1.54, 1.807) is 17.5 Å². The number of hydrogen-bond acceptors (Lipinski definition) is 2. The summed E-state index contributed by atoms with van der Waals surface area (Å²) in [5.41, 5.74) is 5.34. The van der Waals surface area contributed by atoms with Crippen molar-refractivity contribution >= 4 is 24.8 Å². The van der Waals surface area contributed by atoms with Crippen molar-refractivity contribution in [2.24, 2.45) is 0 Å². The van der Waals surface area contributed by atoms with Crippen molar-refractivity contribution in [3.63, 3.8) is 0 Å². The molecular formula is C37H44Cl2HfO2-2. The van der Waals surface area contributed by atoms with Crippen molar-refractivity contribution in [3.8, 4) is 22.6 Å². The predicted octanol–water partition coefficient (Wildman–Crippen LogP) is 4.15. The number of halogens is 2. The van der Waals surface area contributed by atoms with Gasteiger partial charge in [-0.25, -0.2) is 0 Å². The molecule has 0 aromatic heterocycles. The third kappa shape index (κ3) is 9.66. The summed E-state index contributed by atoms with van der Waals surface area (Å²) in [4.78, 5) is 0. The van der Waals surface area contributed by atoms with Gasteiger partial charge >= 0.3 is 41.0 Å². The average molecular weight is 770 g/mol. The van der Waals surface area contributed by atoms with Crippen LogP contribution >= 0.6 is 0 Å². The minimum atomic E-state index is 0. The molecule has 0 N–H and O–H groups in total. The van der Waals surface area contributed by atoms with Gasteiger partial charge in [0.05, 0.1) is 25.7 Å². The number of methoxy groups -OCH3 is 2. The zero-order chi connectivity index (χ0) is 29.7. The molecule has 5 aromatic rings. The van der Waals surface area contributed by atoms with Crippen molar-refractivity contribution in [2.75, 3.05) is 14.2 Å². The Balaban J connectivity index is 0.000000371. The van der Waals surface area contributed by atoms with Crippen LogP contribution in [0.15, 0.2) is 84.9 Å². The quantitative estimate of drug-likeness (QED) is 0.203. The van der Waals surface area contributed by atoms with E-state index in [1.807, 2.05) is 42.5 Å². The Morgan fingerprint density at radius 2 is 1.10 bits per heavy atom. The summed E-state index contributed by atoms with van der Waals surface area (Å²) in [7, 11) is 3.34. The Morgan fingerprint density at radius 1 is 0.667 bits per heavy atom. The van der Waals surface area contributed by atoms with E-state index in [9.17, 15) is 0 Å². The van der Waals surface area contributed by atoms with Gasteiger partial charge in [0.1, 0.15) is 0 Å². The van der Waals surface area contributed by atoms with Gasteiger partial charge in [-0.1, -0.05) is 83.0 Å². The maximum absolute atomic E-state index is 5.33. The first kappa shape index (κ1) is 37.8. The zero-order valence-electron chi connectivity index (χ0n) is 26.7. The molecule has 42 heavy (non-hydrogen) atoms. The Kier molecular flexibility index (Phi) is 14.4. The number of ether oxygens (including phenoxy) is 2. The molecule has 5 aromatic carbocycles. The van der Waals surface area contributed by atoms with Crippen LogP contribution in [-0.2, 0) is 34.7 Å². The van der Waals surface area contributed by atoms with Crippen LogP contribution in [0.2, 0.25) is 0 Å². The van der Waals surface area contributed by atoms with Crippen LogP contribution in [0, 0.1) is 0 Å². The summed E-state index contributed by atoms with van der Waals surface area (Å²) in [5, 5.41) is 5.48. The molecule has 0 aliphatic rings. The van der Waals surface area contributed by atoms with E-state index in [4.69, 9.17) is 9.47 Å². The predicted molar refractivity (Wildman–Crippen MR) is 171 cm³/mol. The van der Waals surface area contributed by atoms with E-state index in [-0.39, 0.29) is 35.6 Å². The fourth-order valence-electron chi connectivity index (χ4n) is 4.63. The summed E-state index contributed by atoms with van der Waals surface area (Å²) in [5.74, 6) is 1.67. The molecule has 2 nitrogen and oxygen atoms in total. The largest absolute Gasteiger partial charge is 1.00 e. The summed E-state index contributed by atoms with van der Waals surface area (Å²) in [6, 6.07) is 30.1. The smallest absolute Gasteiger partial charge is 1.00 e. The van der Waals surface area contributed by atoms with Crippen LogP contribution in [-0.4, -0.2) is 17.5 Å². The van der Waals surface area contributed by atoms with Gasteiger partial charge < -0.3 is 34.3 Å². The Labute approximate surface area is 280 Å². The second-order valence-corrected chi connectivity index (χ2v) is 16.1. The third-order valence-corrected chi connectivity index (χ3v) is 6.82. The summed E-state index contributed by atoms with van der Waals surface area (Å²) >= 11 is 1.27. The normalized spacial score (nSPS) is 10.9. The maximum atomic E-state index is 5.33. The van der Waals surface area contributed by atoms with Crippen molar-refractivity contribution in [1.82, 2.24) is 0 Å².